The molecule has 0 amide bonds. The van der Waals surface area contributed by atoms with Crippen LogP contribution in [0.4, 0.5) is 0 Å². The topological polar surface area (TPSA) is 87.0 Å². The first-order valence-electron chi connectivity index (χ1n) is 10.6. The van der Waals surface area contributed by atoms with Gasteiger partial charge < -0.3 is 8.94 Å². The third-order valence-electron chi connectivity index (χ3n) is 5.58. The van der Waals surface area contributed by atoms with Gasteiger partial charge in [0.05, 0.1) is 23.9 Å². The van der Waals surface area contributed by atoms with Crippen LogP contribution in [0, 0.1) is 5.92 Å². The maximum Gasteiger partial charge on any atom is 0.263 e. The average Bonchev–Trinajstić information content (AvgIpc) is 3.48. The van der Waals surface area contributed by atoms with Gasteiger partial charge in [-0.3, -0.25) is 9.36 Å². The molecule has 4 aromatic rings. The SMILES string of the molecule is CCCc1noc(CSc2nc3sc4c(c3c(=O)n2Cc2ccco2)CCC(C)C4)n1. The van der Waals surface area contributed by atoms with E-state index in [0.29, 0.717) is 29.3 Å². The lowest BCUT2D eigenvalue weighted by molar-refractivity contribution is 0.384. The fraction of sp³-hybridized carbons (Fsp3) is 0.455. The second-order valence-corrected chi connectivity index (χ2v) is 10.1. The summed E-state index contributed by atoms with van der Waals surface area (Å²) >= 11 is 3.12. The molecule has 7 nitrogen and oxygen atoms in total. The second-order valence-electron chi connectivity index (χ2n) is 8.04. The fourth-order valence-corrected chi connectivity index (χ4v) is 6.27. The van der Waals surface area contributed by atoms with E-state index in [4.69, 9.17) is 13.9 Å². The van der Waals surface area contributed by atoms with Crippen LogP contribution in [0.1, 0.15) is 54.6 Å². The van der Waals surface area contributed by atoms with Gasteiger partial charge in [0.15, 0.2) is 11.0 Å². The van der Waals surface area contributed by atoms with Crippen molar-refractivity contribution in [2.75, 3.05) is 0 Å². The van der Waals surface area contributed by atoms with E-state index in [1.54, 1.807) is 22.2 Å². The van der Waals surface area contributed by atoms with Gasteiger partial charge >= 0.3 is 0 Å². The Balaban J connectivity index is 1.53. The Morgan fingerprint density at radius 3 is 3.06 bits per heavy atom. The lowest BCUT2D eigenvalue weighted by atomic mass is 9.89. The summed E-state index contributed by atoms with van der Waals surface area (Å²) in [4.78, 5) is 25.1. The second kappa shape index (κ2) is 8.63. The fourth-order valence-electron chi connectivity index (χ4n) is 4.01. The maximum absolute atomic E-state index is 13.6. The molecule has 31 heavy (non-hydrogen) atoms. The number of fused-ring (bicyclic) bond motifs is 3. The Morgan fingerprint density at radius 2 is 2.26 bits per heavy atom. The van der Waals surface area contributed by atoms with Crippen LogP contribution in [0.25, 0.3) is 10.2 Å². The molecule has 0 spiro atoms. The Morgan fingerprint density at radius 1 is 1.35 bits per heavy atom. The molecule has 4 aromatic heterocycles. The van der Waals surface area contributed by atoms with Crippen molar-refractivity contribution in [3.63, 3.8) is 0 Å². The molecule has 1 aliphatic rings. The van der Waals surface area contributed by atoms with E-state index in [-0.39, 0.29) is 5.56 Å². The molecule has 0 saturated carbocycles. The predicted molar refractivity (Wildman–Crippen MR) is 121 cm³/mol. The van der Waals surface area contributed by atoms with E-state index < -0.39 is 0 Å². The van der Waals surface area contributed by atoms with Crippen LogP contribution in [-0.4, -0.2) is 19.7 Å². The molecular weight excluding hydrogens is 432 g/mol. The van der Waals surface area contributed by atoms with E-state index >= 15 is 0 Å². The van der Waals surface area contributed by atoms with Crippen LogP contribution in [-0.2, 0) is 31.6 Å². The number of thioether (sulfide) groups is 1. The van der Waals surface area contributed by atoms with E-state index in [9.17, 15) is 4.79 Å². The number of rotatable bonds is 7. The van der Waals surface area contributed by atoms with Crippen LogP contribution in [0.3, 0.4) is 0 Å². The molecule has 5 rings (SSSR count). The first-order valence-corrected chi connectivity index (χ1v) is 12.4. The van der Waals surface area contributed by atoms with E-state index in [2.05, 4.69) is 24.0 Å². The molecule has 1 unspecified atom stereocenters. The molecule has 4 heterocycles. The van der Waals surface area contributed by atoms with Crippen molar-refractivity contribution in [1.82, 2.24) is 19.7 Å². The number of furan rings is 1. The zero-order valence-corrected chi connectivity index (χ0v) is 19.2. The van der Waals surface area contributed by atoms with Crippen molar-refractivity contribution in [2.24, 2.45) is 5.92 Å². The van der Waals surface area contributed by atoms with Gasteiger partial charge in [-0.25, -0.2) is 4.98 Å². The highest BCUT2D eigenvalue weighted by atomic mass is 32.2. The molecule has 0 aromatic carbocycles. The maximum atomic E-state index is 13.6. The molecule has 0 saturated heterocycles. The zero-order valence-electron chi connectivity index (χ0n) is 17.6. The van der Waals surface area contributed by atoms with Crippen LogP contribution in [0.5, 0.6) is 0 Å². The Labute approximate surface area is 187 Å². The van der Waals surface area contributed by atoms with Gasteiger partial charge in [0, 0.05) is 11.3 Å². The van der Waals surface area contributed by atoms with Crippen LogP contribution < -0.4 is 5.56 Å². The van der Waals surface area contributed by atoms with Gasteiger partial charge in [-0.05, 0) is 49.3 Å². The normalized spacial score (nSPS) is 16.1. The molecule has 0 aliphatic heterocycles. The largest absolute Gasteiger partial charge is 0.467 e. The molecule has 0 radical (unpaired) electrons. The Kier molecular flexibility index (Phi) is 5.71. The highest BCUT2D eigenvalue weighted by Crippen LogP contribution is 2.36. The average molecular weight is 457 g/mol. The summed E-state index contributed by atoms with van der Waals surface area (Å²) in [7, 11) is 0. The molecule has 1 atom stereocenters. The number of hydrogen-bond donors (Lipinski definition) is 0. The van der Waals surface area contributed by atoms with Crippen molar-refractivity contribution < 1.29 is 8.94 Å². The minimum Gasteiger partial charge on any atom is -0.467 e. The van der Waals surface area contributed by atoms with E-state index in [1.165, 1.54) is 22.2 Å². The highest BCUT2D eigenvalue weighted by Gasteiger charge is 2.25. The van der Waals surface area contributed by atoms with Gasteiger partial charge in [0.2, 0.25) is 5.89 Å². The van der Waals surface area contributed by atoms with Crippen LogP contribution in [0.15, 0.2) is 37.3 Å². The first kappa shape index (κ1) is 20.5. The number of hydrogen-bond acceptors (Lipinski definition) is 8. The summed E-state index contributed by atoms with van der Waals surface area (Å²) in [6.45, 7) is 4.70. The summed E-state index contributed by atoms with van der Waals surface area (Å²) in [5.41, 5.74) is 1.20. The smallest absolute Gasteiger partial charge is 0.263 e. The molecule has 0 bridgehead atoms. The standard InChI is InChI=1S/C22H24N4O3S2/c1-3-5-17-23-18(29-25-17)12-30-22-24-20-19(15-8-7-13(2)10-16(15)31-20)21(27)26(22)11-14-6-4-9-28-14/h4,6,9,13H,3,5,7-8,10-12H2,1-2H3. The number of thiophene rings is 1. The van der Waals surface area contributed by atoms with Gasteiger partial charge in [-0.2, -0.15) is 4.98 Å². The monoisotopic (exact) mass is 456 g/mol. The Bertz CT molecular complexity index is 1260. The van der Waals surface area contributed by atoms with E-state index in [0.717, 1.165) is 53.9 Å². The van der Waals surface area contributed by atoms with Crippen molar-refractivity contribution in [1.29, 1.82) is 0 Å². The zero-order chi connectivity index (χ0) is 21.4. The summed E-state index contributed by atoms with van der Waals surface area (Å²) in [5.74, 6) is 3.11. The summed E-state index contributed by atoms with van der Waals surface area (Å²) in [6, 6.07) is 3.71. The molecule has 9 heteroatoms. The lowest BCUT2D eigenvalue weighted by Gasteiger charge is -2.17. The summed E-state index contributed by atoms with van der Waals surface area (Å²) < 4.78 is 12.6. The molecular formula is C22H24N4O3S2. The quantitative estimate of drug-likeness (QED) is 0.290. The molecule has 162 valence electrons. The van der Waals surface area contributed by atoms with Gasteiger partial charge in [0.25, 0.3) is 5.56 Å². The summed E-state index contributed by atoms with van der Waals surface area (Å²) in [6.07, 6.45) is 6.47. The van der Waals surface area contributed by atoms with Crippen molar-refractivity contribution >= 4 is 33.3 Å². The van der Waals surface area contributed by atoms with Gasteiger partial charge in [-0.1, -0.05) is 30.8 Å². The third kappa shape index (κ3) is 4.08. The van der Waals surface area contributed by atoms with Gasteiger partial charge in [0.1, 0.15) is 10.6 Å². The first-order chi connectivity index (χ1) is 15.1. The number of nitrogens with zero attached hydrogens (tertiary/aromatic N) is 4. The number of aromatic nitrogens is 4. The lowest BCUT2D eigenvalue weighted by Crippen LogP contribution is -2.24. The van der Waals surface area contributed by atoms with Crippen molar-refractivity contribution in [3.8, 4) is 0 Å². The number of aryl methyl sites for hydroxylation is 2. The molecule has 0 fully saturated rings. The molecule has 1 aliphatic carbocycles. The molecule has 0 N–H and O–H groups in total. The van der Waals surface area contributed by atoms with Crippen LogP contribution >= 0.6 is 23.1 Å². The summed E-state index contributed by atoms with van der Waals surface area (Å²) in [5, 5.41) is 5.45. The minimum atomic E-state index is 0.00755. The highest BCUT2D eigenvalue weighted by molar-refractivity contribution is 7.98. The van der Waals surface area contributed by atoms with Gasteiger partial charge in [-0.15, -0.1) is 11.3 Å². The Hall–Kier alpha value is -2.39. The van der Waals surface area contributed by atoms with Crippen molar-refractivity contribution in [3.05, 3.63) is 56.7 Å². The minimum absolute atomic E-state index is 0.00755. The third-order valence-corrected chi connectivity index (χ3v) is 7.69. The van der Waals surface area contributed by atoms with Crippen molar-refractivity contribution in [2.45, 2.75) is 63.4 Å². The predicted octanol–water partition coefficient (Wildman–Crippen LogP) is 4.85. The van der Waals surface area contributed by atoms with Crippen LogP contribution in [0.2, 0.25) is 0 Å². The van der Waals surface area contributed by atoms with E-state index in [1.807, 2.05) is 12.1 Å².